The third-order valence-corrected chi connectivity index (χ3v) is 2.99. The number of allylic oxidation sites excluding steroid dienone is 2. The minimum Gasteiger partial charge on any atom is -0.303 e. The van der Waals surface area contributed by atoms with Gasteiger partial charge in [0.05, 0.1) is 0 Å². The van der Waals surface area contributed by atoms with E-state index in [1.54, 1.807) is 0 Å². The number of carbonyl (C=O) groups excluding carboxylic acids is 1. The van der Waals surface area contributed by atoms with Gasteiger partial charge in [-0.3, -0.25) is 0 Å². The number of aldehydes is 1. The first-order chi connectivity index (χ1) is 4.74. The van der Waals surface area contributed by atoms with Gasteiger partial charge in [0.15, 0.2) is 0 Å². The zero-order valence-electron chi connectivity index (χ0n) is 6.21. The largest absolute Gasteiger partial charge is 0.303 e. The summed E-state index contributed by atoms with van der Waals surface area (Å²) >= 11 is 0. The van der Waals surface area contributed by atoms with Gasteiger partial charge < -0.3 is 4.79 Å². The molecule has 0 aliphatic heterocycles. The average molecular weight is 136 g/mol. The fourth-order valence-corrected chi connectivity index (χ4v) is 2.27. The van der Waals surface area contributed by atoms with Crippen molar-refractivity contribution in [3.8, 4) is 0 Å². The lowest BCUT2D eigenvalue weighted by Gasteiger charge is -2.23. The third-order valence-electron chi connectivity index (χ3n) is 2.99. The Kier molecular flexibility index (Phi) is 1.05. The first-order valence-electron chi connectivity index (χ1n) is 3.89. The highest BCUT2D eigenvalue weighted by molar-refractivity contribution is 5.61. The van der Waals surface area contributed by atoms with Crippen LogP contribution in [0.1, 0.15) is 19.8 Å². The van der Waals surface area contributed by atoms with Crippen molar-refractivity contribution in [1.82, 2.24) is 0 Å². The van der Waals surface area contributed by atoms with E-state index in [1.807, 2.05) is 0 Å². The Morgan fingerprint density at radius 3 is 2.70 bits per heavy atom. The molecule has 0 aromatic carbocycles. The maximum Gasteiger partial charge on any atom is 0.126 e. The van der Waals surface area contributed by atoms with Crippen LogP contribution in [0.25, 0.3) is 0 Å². The molecule has 54 valence electrons. The Morgan fingerprint density at radius 2 is 2.40 bits per heavy atom. The lowest BCUT2D eigenvalue weighted by molar-refractivity contribution is -0.116. The molecule has 2 unspecified atom stereocenters. The highest BCUT2D eigenvalue weighted by Crippen LogP contribution is 2.50. The van der Waals surface area contributed by atoms with Gasteiger partial charge in [-0.25, -0.2) is 0 Å². The van der Waals surface area contributed by atoms with Crippen molar-refractivity contribution < 1.29 is 4.79 Å². The Balaban J connectivity index is 2.30. The summed E-state index contributed by atoms with van der Waals surface area (Å²) in [6, 6.07) is 0. The van der Waals surface area contributed by atoms with E-state index in [4.69, 9.17) is 0 Å². The highest BCUT2D eigenvalue weighted by atomic mass is 16.1. The van der Waals surface area contributed by atoms with Crippen LogP contribution in [0.3, 0.4) is 0 Å². The van der Waals surface area contributed by atoms with Gasteiger partial charge in [-0.05, 0) is 24.7 Å². The van der Waals surface area contributed by atoms with Crippen LogP contribution in [-0.4, -0.2) is 6.29 Å². The molecule has 2 aliphatic rings. The molecule has 0 spiro atoms. The first kappa shape index (κ1) is 6.14. The van der Waals surface area contributed by atoms with Crippen LogP contribution in [0.4, 0.5) is 0 Å². The maximum absolute atomic E-state index is 10.7. The maximum atomic E-state index is 10.7. The molecule has 0 amide bonds. The summed E-state index contributed by atoms with van der Waals surface area (Å²) < 4.78 is 0. The molecule has 0 aromatic heterocycles. The standard InChI is InChI=1S/C9H12O/c1-9(6-10)5-7-2-3-8(9)4-7/h2-3,6-8H,4-5H2,1H3/t7?,8?,9-/m1/s1. The zero-order chi connectivity index (χ0) is 7.19. The molecule has 1 fully saturated rings. The molecular formula is C9H12O. The van der Waals surface area contributed by atoms with Gasteiger partial charge in [0.2, 0.25) is 0 Å². The normalized spacial score (nSPS) is 50.1. The summed E-state index contributed by atoms with van der Waals surface area (Å²) in [5.74, 6) is 1.26. The summed E-state index contributed by atoms with van der Waals surface area (Å²) in [5, 5.41) is 0. The molecule has 1 nitrogen and oxygen atoms in total. The van der Waals surface area contributed by atoms with Gasteiger partial charge in [0.1, 0.15) is 6.29 Å². The van der Waals surface area contributed by atoms with Gasteiger partial charge in [0.25, 0.3) is 0 Å². The monoisotopic (exact) mass is 136 g/mol. The number of hydrogen-bond acceptors (Lipinski definition) is 1. The van der Waals surface area contributed by atoms with Crippen molar-refractivity contribution in [2.75, 3.05) is 0 Å². The van der Waals surface area contributed by atoms with Crippen LogP contribution < -0.4 is 0 Å². The second kappa shape index (κ2) is 1.71. The second-order valence-corrected chi connectivity index (χ2v) is 3.81. The molecule has 0 N–H and O–H groups in total. The lowest BCUT2D eigenvalue weighted by atomic mass is 9.79. The van der Waals surface area contributed by atoms with Crippen molar-refractivity contribution >= 4 is 6.29 Å². The molecule has 2 bridgehead atoms. The Morgan fingerprint density at radius 1 is 1.60 bits per heavy atom. The van der Waals surface area contributed by atoms with Crippen molar-refractivity contribution in [2.45, 2.75) is 19.8 Å². The predicted molar refractivity (Wildman–Crippen MR) is 39.5 cm³/mol. The van der Waals surface area contributed by atoms with Crippen LogP contribution in [0.15, 0.2) is 12.2 Å². The summed E-state index contributed by atoms with van der Waals surface area (Å²) in [4.78, 5) is 10.7. The van der Waals surface area contributed by atoms with E-state index in [9.17, 15) is 4.79 Å². The number of carbonyl (C=O) groups is 1. The van der Waals surface area contributed by atoms with Crippen molar-refractivity contribution in [3.05, 3.63) is 12.2 Å². The molecule has 2 aliphatic carbocycles. The summed E-state index contributed by atoms with van der Waals surface area (Å²) in [5.41, 5.74) is -0.0145. The molecule has 2 rings (SSSR count). The lowest BCUT2D eigenvalue weighted by Crippen LogP contribution is -2.22. The zero-order valence-corrected chi connectivity index (χ0v) is 6.21. The molecule has 10 heavy (non-hydrogen) atoms. The van der Waals surface area contributed by atoms with Gasteiger partial charge in [0, 0.05) is 5.41 Å². The topological polar surface area (TPSA) is 17.1 Å². The molecule has 0 saturated heterocycles. The van der Waals surface area contributed by atoms with Crippen LogP contribution >= 0.6 is 0 Å². The van der Waals surface area contributed by atoms with E-state index < -0.39 is 0 Å². The van der Waals surface area contributed by atoms with Crippen LogP contribution in [0, 0.1) is 17.3 Å². The van der Waals surface area contributed by atoms with E-state index >= 15 is 0 Å². The van der Waals surface area contributed by atoms with Crippen molar-refractivity contribution in [1.29, 1.82) is 0 Å². The number of hydrogen-bond donors (Lipinski definition) is 0. The molecule has 0 heterocycles. The fraction of sp³-hybridized carbons (Fsp3) is 0.667. The summed E-state index contributed by atoms with van der Waals surface area (Å²) in [6.07, 6.45) is 7.91. The summed E-state index contributed by atoms with van der Waals surface area (Å²) in [6.45, 7) is 2.08. The molecule has 3 atom stereocenters. The number of fused-ring (bicyclic) bond motifs is 2. The first-order valence-corrected chi connectivity index (χ1v) is 3.89. The molecule has 1 saturated carbocycles. The van der Waals surface area contributed by atoms with E-state index in [1.165, 1.54) is 6.42 Å². The van der Waals surface area contributed by atoms with E-state index in [0.717, 1.165) is 12.7 Å². The predicted octanol–water partition coefficient (Wildman–Crippen LogP) is 1.79. The van der Waals surface area contributed by atoms with Gasteiger partial charge in [-0.2, -0.15) is 0 Å². The fourth-order valence-electron chi connectivity index (χ4n) is 2.27. The molecular weight excluding hydrogens is 124 g/mol. The van der Waals surface area contributed by atoms with Crippen LogP contribution in [0.2, 0.25) is 0 Å². The van der Waals surface area contributed by atoms with E-state index in [-0.39, 0.29) is 5.41 Å². The van der Waals surface area contributed by atoms with Crippen LogP contribution in [-0.2, 0) is 4.79 Å². The molecule has 0 radical (unpaired) electrons. The van der Waals surface area contributed by atoms with E-state index in [0.29, 0.717) is 11.8 Å². The Hall–Kier alpha value is -0.590. The van der Waals surface area contributed by atoms with E-state index in [2.05, 4.69) is 19.1 Å². The molecule has 0 aromatic rings. The Labute approximate surface area is 61.1 Å². The number of rotatable bonds is 1. The average Bonchev–Trinajstić information content (AvgIpc) is 2.46. The smallest absolute Gasteiger partial charge is 0.126 e. The van der Waals surface area contributed by atoms with Gasteiger partial charge in [-0.1, -0.05) is 19.1 Å². The third kappa shape index (κ3) is 0.606. The highest BCUT2D eigenvalue weighted by Gasteiger charge is 2.44. The molecule has 1 heteroatoms. The van der Waals surface area contributed by atoms with Crippen molar-refractivity contribution in [2.24, 2.45) is 17.3 Å². The Bertz CT molecular complexity index is 195. The van der Waals surface area contributed by atoms with Crippen molar-refractivity contribution in [3.63, 3.8) is 0 Å². The minimum atomic E-state index is -0.0145. The minimum absolute atomic E-state index is 0.0145. The second-order valence-electron chi connectivity index (χ2n) is 3.81. The van der Waals surface area contributed by atoms with Gasteiger partial charge >= 0.3 is 0 Å². The van der Waals surface area contributed by atoms with Crippen LogP contribution in [0.5, 0.6) is 0 Å². The SMILES string of the molecule is C[C@]1(C=O)CC2C=CC1C2. The summed E-state index contributed by atoms with van der Waals surface area (Å²) in [7, 11) is 0. The van der Waals surface area contributed by atoms with Gasteiger partial charge in [-0.15, -0.1) is 0 Å². The quantitative estimate of drug-likeness (QED) is 0.396.